The summed E-state index contributed by atoms with van der Waals surface area (Å²) < 4.78 is 10.7. The Morgan fingerprint density at radius 1 is 0.742 bits per heavy atom. The molecule has 0 saturated heterocycles. The Bertz CT molecular complexity index is 1140. The molecule has 0 heterocycles. The second-order valence-electron chi connectivity index (χ2n) is 6.91. The molecule has 0 N–H and O–H groups in total. The number of benzene rings is 4. The van der Waals surface area contributed by atoms with Gasteiger partial charge >= 0.3 is 5.97 Å². The largest absolute Gasteiger partial charge is 0.497 e. The normalized spacial score (nSPS) is 10.5. The lowest BCUT2D eigenvalue weighted by atomic mass is 10.1. The standard InChI is InChI=1S/C27H22O3S/c1-29-23-15-11-21(12-16-23)22-13-17-24(18-14-22)31-26-10-6-5-9-25(26)27(28)30-19-20-7-3-2-4-8-20/h2-18H,19H2,1H3. The number of ether oxygens (including phenoxy) is 2. The van der Waals surface area contributed by atoms with Gasteiger partial charge < -0.3 is 9.47 Å². The third kappa shape index (κ3) is 5.36. The van der Waals surface area contributed by atoms with Gasteiger partial charge in [0, 0.05) is 9.79 Å². The van der Waals surface area contributed by atoms with Gasteiger partial charge in [-0.15, -0.1) is 0 Å². The van der Waals surface area contributed by atoms with Crippen molar-refractivity contribution in [1.29, 1.82) is 0 Å². The van der Waals surface area contributed by atoms with Crippen LogP contribution in [0.1, 0.15) is 15.9 Å². The molecule has 0 spiro atoms. The van der Waals surface area contributed by atoms with Crippen LogP contribution in [-0.2, 0) is 11.3 Å². The fraction of sp³-hybridized carbons (Fsp3) is 0.0741. The zero-order valence-electron chi connectivity index (χ0n) is 17.2. The Morgan fingerprint density at radius 2 is 1.35 bits per heavy atom. The summed E-state index contributed by atoms with van der Waals surface area (Å²) >= 11 is 1.55. The molecular formula is C27H22O3S. The molecule has 4 rings (SSSR count). The van der Waals surface area contributed by atoms with Gasteiger partial charge in [0.15, 0.2) is 0 Å². The molecule has 4 aromatic rings. The van der Waals surface area contributed by atoms with Crippen molar-refractivity contribution in [1.82, 2.24) is 0 Å². The van der Waals surface area contributed by atoms with Crippen LogP contribution in [0.3, 0.4) is 0 Å². The highest BCUT2D eigenvalue weighted by atomic mass is 32.2. The fourth-order valence-electron chi connectivity index (χ4n) is 3.15. The number of hydrogen-bond acceptors (Lipinski definition) is 4. The van der Waals surface area contributed by atoms with E-state index in [1.54, 1.807) is 24.9 Å². The summed E-state index contributed by atoms with van der Waals surface area (Å²) in [7, 11) is 1.66. The third-order valence-electron chi connectivity index (χ3n) is 4.83. The lowest BCUT2D eigenvalue weighted by Gasteiger charge is -2.10. The van der Waals surface area contributed by atoms with Gasteiger partial charge in [0.05, 0.1) is 12.7 Å². The summed E-state index contributed by atoms with van der Waals surface area (Å²) in [5, 5.41) is 0. The van der Waals surface area contributed by atoms with Gasteiger partial charge in [0.2, 0.25) is 0 Å². The molecule has 0 unspecified atom stereocenters. The molecule has 0 atom stereocenters. The summed E-state index contributed by atoms with van der Waals surface area (Å²) in [4.78, 5) is 14.6. The summed E-state index contributed by atoms with van der Waals surface area (Å²) in [6.45, 7) is 0.259. The fourth-order valence-corrected chi connectivity index (χ4v) is 4.09. The molecule has 3 nitrogen and oxygen atoms in total. The van der Waals surface area contributed by atoms with E-state index in [9.17, 15) is 4.79 Å². The van der Waals surface area contributed by atoms with Crippen molar-refractivity contribution in [3.63, 3.8) is 0 Å². The summed E-state index contributed by atoms with van der Waals surface area (Å²) in [5.74, 6) is 0.522. The molecular weight excluding hydrogens is 404 g/mol. The highest BCUT2D eigenvalue weighted by molar-refractivity contribution is 7.99. The van der Waals surface area contributed by atoms with Crippen molar-refractivity contribution >= 4 is 17.7 Å². The van der Waals surface area contributed by atoms with Crippen LogP contribution in [0, 0.1) is 0 Å². The molecule has 0 saturated carbocycles. The second kappa shape index (κ2) is 10.0. The van der Waals surface area contributed by atoms with Crippen molar-refractivity contribution in [2.75, 3.05) is 7.11 Å². The van der Waals surface area contributed by atoms with Gasteiger partial charge in [-0.3, -0.25) is 0 Å². The molecule has 0 radical (unpaired) electrons. The number of methoxy groups -OCH3 is 1. The Hall–Kier alpha value is -3.50. The first-order chi connectivity index (χ1) is 15.2. The van der Waals surface area contributed by atoms with Crippen LogP contribution in [-0.4, -0.2) is 13.1 Å². The Balaban J connectivity index is 1.46. The summed E-state index contributed by atoms with van der Waals surface area (Å²) in [5.41, 5.74) is 3.79. The molecule has 0 amide bonds. The molecule has 0 fully saturated rings. The zero-order valence-corrected chi connectivity index (χ0v) is 18.0. The van der Waals surface area contributed by atoms with Crippen LogP contribution in [0.15, 0.2) is 113 Å². The number of hydrogen-bond donors (Lipinski definition) is 0. The summed E-state index contributed by atoms with van der Waals surface area (Å²) in [6.07, 6.45) is 0. The average molecular weight is 427 g/mol. The van der Waals surface area contributed by atoms with E-state index in [0.29, 0.717) is 5.56 Å². The van der Waals surface area contributed by atoms with Crippen LogP contribution in [0.25, 0.3) is 11.1 Å². The minimum atomic E-state index is -0.318. The maximum atomic E-state index is 12.7. The van der Waals surface area contributed by atoms with Crippen LogP contribution in [0.5, 0.6) is 5.75 Å². The van der Waals surface area contributed by atoms with Crippen LogP contribution in [0.2, 0.25) is 0 Å². The second-order valence-corrected chi connectivity index (χ2v) is 8.03. The monoisotopic (exact) mass is 426 g/mol. The molecule has 154 valence electrons. The van der Waals surface area contributed by atoms with E-state index in [1.807, 2.05) is 72.8 Å². The topological polar surface area (TPSA) is 35.5 Å². The Morgan fingerprint density at radius 3 is 2.03 bits per heavy atom. The molecule has 4 aromatic carbocycles. The quantitative estimate of drug-likeness (QED) is 0.302. The lowest BCUT2D eigenvalue weighted by Crippen LogP contribution is -2.06. The van der Waals surface area contributed by atoms with Crippen molar-refractivity contribution in [3.8, 4) is 16.9 Å². The van der Waals surface area contributed by atoms with Crippen molar-refractivity contribution in [3.05, 3.63) is 114 Å². The number of carbonyl (C=O) groups is 1. The van der Waals surface area contributed by atoms with E-state index >= 15 is 0 Å². The SMILES string of the molecule is COc1ccc(-c2ccc(Sc3ccccc3C(=O)OCc3ccccc3)cc2)cc1. The van der Waals surface area contributed by atoms with E-state index < -0.39 is 0 Å². The number of carbonyl (C=O) groups excluding carboxylic acids is 1. The van der Waals surface area contributed by atoms with Gasteiger partial charge in [-0.25, -0.2) is 4.79 Å². The first-order valence-corrected chi connectivity index (χ1v) is 10.8. The first-order valence-electron chi connectivity index (χ1n) is 9.95. The molecule has 31 heavy (non-hydrogen) atoms. The van der Waals surface area contributed by atoms with Crippen molar-refractivity contribution < 1.29 is 14.3 Å². The number of esters is 1. The van der Waals surface area contributed by atoms with Gasteiger partial charge in [-0.1, -0.05) is 78.5 Å². The Kier molecular flexibility index (Phi) is 6.70. The van der Waals surface area contributed by atoms with Gasteiger partial charge in [-0.05, 0) is 53.1 Å². The molecule has 4 heteroatoms. The van der Waals surface area contributed by atoms with Gasteiger partial charge in [0.25, 0.3) is 0 Å². The minimum absolute atomic E-state index is 0.259. The number of rotatable bonds is 7. The maximum absolute atomic E-state index is 12.7. The van der Waals surface area contributed by atoms with E-state index in [1.165, 1.54) is 0 Å². The van der Waals surface area contributed by atoms with E-state index in [4.69, 9.17) is 9.47 Å². The zero-order chi connectivity index (χ0) is 21.5. The predicted octanol–water partition coefficient (Wildman–Crippen LogP) is 6.87. The molecule has 0 aromatic heterocycles. The molecule has 0 aliphatic rings. The maximum Gasteiger partial charge on any atom is 0.339 e. The van der Waals surface area contributed by atoms with Crippen molar-refractivity contribution in [2.24, 2.45) is 0 Å². The van der Waals surface area contributed by atoms with Gasteiger partial charge in [-0.2, -0.15) is 0 Å². The molecule has 0 aliphatic carbocycles. The Labute approximate surface area is 186 Å². The van der Waals surface area contributed by atoms with E-state index in [-0.39, 0.29) is 12.6 Å². The smallest absolute Gasteiger partial charge is 0.339 e. The van der Waals surface area contributed by atoms with E-state index in [2.05, 4.69) is 24.3 Å². The highest BCUT2D eigenvalue weighted by Crippen LogP contribution is 2.32. The third-order valence-corrected chi connectivity index (χ3v) is 5.91. The van der Waals surface area contributed by atoms with Crippen LogP contribution >= 0.6 is 11.8 Å². The highest BCUT2D eigenvalue weighted by Gasteiger charge is 2.14. The predicted molar refractivity (Wildman–Crippen MR) is 125 cm³/mol. The van der Waals surface area contributed by atoms with Crippen molar-refractivity contribution in [2.45, 2.75) is 16.4 Å². The average Bonchev–Trinajstić information content (AvgIpc) is 2.84. The van der Waals surface area contributed by atoms with Crippen LogP contribution in [0.4, 0.5) is 0 Å². The minimum Gasteiger partial charge on any atom is -0.497 e. The van der Waals surface area contributed by atoms with Gasteiger partial charge in [0.1, 0.15) is 12.4 Å². The first kappa shape index (κ1) is 20.8. The molecule has 0 bridgehead atoms. The van der Waals surface area contributed by atoms with E-state index in [0.717, 1.165) is 32.2 Å². The summed E-state index contributed by atoms with van der Waals surface area (Å²) in [6, 6.07) is 33.5. The molecule has 0 aliphatic heterocycles. The lowest BCUT2D eigenvalue weighted by molar-refractivity contribution is 0.0468. The van der Waals surface area contributed by atoms with Crippen LogP contribution < -0.4 is 4.74 Å².